The molecule has 2 atom stereocenters. The fourth-order valence-corrected chi connectivity index (χ4v) is 2.09. The molecule has 0 aliphatic rings. The first-order valence-corrected chi connectivity index (χ1v) is 6.38. The minimum Gasteiger partial charge on any atom is -0.386 e. The van der Waals surface area contributed by atoms with E-state index >= 15 is 0 Å². The molecule has 0 heterocycles. The van der Waals surface area contributed by atoms with Crippen LogP contribution in [0, 0.1) is 5.82 Å². The van der Waals surface area contributed by atoms with Gasteiger partial charge in [0.25, 0.3) is 0 Å². The van der Waals surface area contributed by atoms with Gasteiger partial charge in [0.15, 0.2) is 0 Å². The van der Waals surface area contributed by atoms with Crippen molar-refractivity contribution in [3.63, 3.8) is 0 Å². The summed E-state index contributed by atoms with van der Waals surface area (Å²) in [4.78, 5) is 0. The van der Waals surface area contributed by atoms with E-state index < -0.39 is 18.0 Å². The van der Waals surface area contributed by atoms with Crippen molar-refractivity contribution in [2.24, 2.45) is 5.73 Å². The Bertz CT molecular complexity index is 574. The predicted octanol–water partition coefficient (Wildman–Crippen LogP) is 3.87. The molecule has 0 aliphatic heterocycles. The monoisotopic (exact) mass is 299 g/mol. The van der Waals surface area contributed by atoms with Crippen LogP contribution in [0.5, 0.6) is 0 Å². The molecule has 0 bridgehead atoms. The molecule has 5 heteroatoms. The van der Waals surface area contributed by atoms with Crippen LogP contribution in [0.1, 0.15) is 23.3 Å². The van der Waals surface area contributed by atoms with E-state index in [1.54, 1.807) is 24.3 Å². The molecular weight excluding hydrogens is 288 g/mol. The van der Waals surface area contributed by atoms with Crippen molar-refractivity contribution in [3.8, 4) is 0 Å². The topological polar surface area (TPSA) is 46.2 Å². The lowest BCUT2D eigenvalue weighted by molar-refractivity contribution is 0.147. The normalized spacial score (nSPS) is 14.2. The first-order valence-electron chi connectivity index (χ1n) is 5.63. The second kappa shape index (κ2) is 5.88. The van der Waals surface area contributed by atoms with Gasteiger partial charge in [-0.3, -0.25) is 0 Å². The van der Waals surface area contributed by atoms with E-state index in [-0.39, 0.29) is 5.02 Å². The molecule has 0 saturated carbocycles. The highest BCUT2D eigenvalue weighted by Gasteiger charge is 2.19. The molecular formula is C14H12Cl2FNO. The molecule has 100 valence electrons. The number of hydrogen-bond acceptors (Lipinski definition) is 2. The Labute approximate surface area is 120 Å². The van der Waals surface area contributed by atoms with Crippen molar-refractivity contribution in [1.29, 1.82) is 0 Å². The minimum absolute atomic E-state index is 0.0418. The molecule has 19 heavy (non-hydrogen) atoms. The number of halogens is 3. The van der Waals surface area contributed by atoms with Crippen molar-refractivity contribution in [1.82, 2.24) is 0 Å². The molecule has 2 rings (SSSR count). The Hall–Kier alpha value is -1.13. The van der Waals surface area contributed by atoms with Crippen LogP contribution in [0.3, 0.4) is 0 Å². The highest BCUT2D eigenvalue weighted by atomic mass is 35.5. The number of aliphatic hydroxyl groups excluding tert-OH is 1. The van der Waals surface area contributed by atoms with E-state index in [2.05, 4.69) is 0 Å². The number of nitrogens with two attached hydrogens (primary N) is 1. The summed E-state index contributed by atoms with van der Waals surface area (Å²) in [7, 11) is 0. The zero-order chi connectivity index (χ0) is 14.0. The maximum atomic E-state index is 13.1. The lowest BCUT2D eigenvalue weighted by atomic mass is 9.97. The summed E-state index contributed by atoms with van der Waals surface area (Å²) >= 11 is 11.5. The van der Waals surface area contributed by atoms with Crippen LogP contribution in [0.25, 0.3) is 0 Å². The molecule has 3 N–H and O–H groups in total. The Morgan fingerprint density at radius 2 is 1.58 bits per heavy atom. The molecule has 0 unspecified atom stereocenters. The molecule has 2 aromatic carbocycles. The molecule has 0 spiro atoms. The van der Waals surface area contributed by atoms with Crippen molar-refractivity contribution in [2.45, 2.75) is 12.1 Å². The summed E-state index contributed by atoms with van der Waals surface area (Å²) < 4.78 is 13.1. The van der Waals surface area contributed by atoms with E-state index in [0.29, 0.717) is 10.6 Å². The number of aliphatic hydroxyl groups is 1. The van der Waals surface area contributed by atoms with Crippen LogP contribution in [0.2, 0.25) is 10.0 Å². The maximum absolute atomic E-state index is 13.1. The first kappa shape index (κ1) is 14.3. The zero-order valence-corrected chi connectivity index (χ0v) is 11.4. The molecule has 0 aromatic heterocycles. The predicted molar refractivity (Wildman–Crippen MR) is 74.8 cm³/mol. The first-order chi connectivity index (χ1) is 8.99. The zero-order valence-electron chi connectivity index (χ0n) is 9.85. The van der Waals surface area contributed by atoms with Crippen LogP contribution in [-0.2, 0) is 0 Å². The summed E-state index contributed by atoms with van der Waals surface area (Å²) in [6, 6.07) is 10.3. The Kier molecular flexibility index (Phi) is 4.42. The van der Waals surface area contributed by atoms with Crippen molar-refractivity contribution >= 4 is 23.2 Å². The molecule has 0 radical (unpaired) electrons. The number of benzene rings is 2. The largest absolute Gasteiger partial charge is 0.386 e. The van der Waals surface area contributed by atoms with Gasteiger partial charge in [0.05, 0.1) is 17.2 Å². The summed E-state index contributed by atoms with van der Waals surface area (Å²) in [6.07, 6.45) is -0.973. The van der Waals surface area contributed by atoms with E-state index in [1.807, 2.05) is 0 Å². The third kappa shape index (κ3) is 3.25. The molecule has 0 fully saturated rings. The Balaban J connectivity index is 2.25. The average molecular weight is 300 g/mol. The van der Waals surface area contributed by atoms with Gasteiger partial charge < -0.3 is 10.8 Å². The molecule has 0 aliphatic carbocycles. The van der Waals surface area contributed by atoms with Gasteiger partial charge in [0, 0.05) is 5.02 Å². The summed E-state index contributed by atoms with van der Waals surface area (Å²) in [5.74, 6) is -0.530. The standard InChI is InChI=1S/C14H12Cl2FNO/c15-10-4-1-8(2-5-10)13(18)14(19)9-3-6-12(17)11(16)7-9/h1-7,13-14,19H,18H2/t13-,14-/m1/s1. The van der Waals surface area contributed by atoms with Gasteiger partial charge in [0.2, 0.25) is 0 Å². The lowest BCUT2D eigenvalue weighted by Crippen LogP contribution is -2.19. The average Bonchev–Trinajstić information content (AvgIpc) is 2.41. The maximum Gasteiger partial charge on any atom is 0.141 e. The van der Waals surface area contributed by atoms with E-state index in [0.717, 1.165) is 5.56 Å². The van der Waals surface area contributed by atoms with Gasteiger partial charge in [-0.2, -0.15) is 0 Å². The second-order valence-electron chi connectivity index (χ2n) is 4.20. The third-order valence-corrected chi connectivity index (χ3v) is 3.42. The lowest BCUT2D eigenvalue weighted by Gasteiger charge is -2.20. The van der Waals surface area contributed by atoms with Crippen LogP contribution < -0.4 is 5.73 Å². The van der Waals surface area contributed by atoms with Crippen LogP contribution in [0.15, 0.2) is 42.5 Å². The van der Waals surface area contributed by atoms with Crippen molar-refractivity contribution in [2.75, 3.05) is 0 Å². The SMILES string of the molecule is N[C@H](c1ccc(Cl)cc1)[C@H](O)c1ccc(F)c(Cl)c1. The quantitative estimate of drug-likeness (QED) is 0.904. The highest BCUT2D eigenvalue weighted by molar-refractivity contribution is 6.31. The number of rotatable bonds is 3. The Morgan fingerprint density at radius 3 is 2.16 bits per heavy atom. The number of hydrogen-bond donors (Lipinski definition) is 2. The van der Waals surface area contributed by atoms with Gasteiger partial charge in [-0.25, -0.2) is 4.39 Å². The smallest absolute Gasteiger partial charge is 0.141 e. The minimum atomic E-state index is -0.973. The fraction of sp³-hybridized carbons (Fsp3) is 0.143. The van der Waals surface area contributed by atoms with Crippen molar-refractivity contribution < 1.29 is 9.50 Å². The third-order valence-electron chi connectivity index (χ3n) is 2.88. The van der Waals surface area contributed by atoms with Gasteiger partial charge >= 0.3 is 0 Å². The van der Waals surface area contributed by atoms with Crippen LogP contribution in [0.4, 0.5) is 4.39 Å². The molecule has 2 aromatic rings. The summed E-state index contributed by atoms with van der Waals surface area (Å²) in [6.45, 7) is 0. The van der Waals surface area contributed by atoms with Crippen LogP contribution in [-0.4, -0.2) is 5.11 Å². The molecule has 0 saturated heterocycles. The fourth-order valence-electron chi connectivity index (χ4n) is 1.77. The van der Waals surface area contributed by atoms with Crippen LogP contribution >= 0.6 is 23.2 Å². The Morgan fingerprint density at radius 1 is 1.00 bits per heavy atom. The van der Waals surface area contributed by atoms with Gasteiger partial charge in [-0.05, 0) is 35.4 Å². The van der Waals surface area contributed by atoms with Gasteiger partial charge in [-0.15, -0.1) is 0 Å². The molecule has 0 amide bonds. The highest BCUT2D eigenvalue weighted by Crippen LogP contribution is 2.29. The summed E-state index contributed by atoms with van der Waals surface area (Å²) in [5, 5.41) is 10.7. The van der Waals surface area contributed by atoms with Gasteiger partial charge in [-0.1, -0.05) is 41.4 Å². The van der Waals surface area contributed by atoms with E-state index in [4.69, 9.17) is 28.9 Å². The van der Waals surface area contributed by atoms with E-state index in [1.165, 1.54) is 18.2 Å². The molecule has 2 nitrogen and oxygen atoms in total. The van der Waals surface area contributed by atoms with Gasteiger partial charge in [0.1, 0.15) is 5.82 Å². The van der Waals surface area contributed by atoms with Crippen molar-refractivity contribution in [3.05, 3.63) is 69.5 Å². The second-order valence-corrected chi connectivity index (χ2v) is 5.04. The van der Waals surface area contributed by atoms with E-state index in [9.17, 15) is 9.50 Å². The summed E-state index contributed by atoms with van der Waals surface area (Å²) in [5.41, 5.74) is 7.18.